The van der Waals surface area contributed by atoms with Crippen LogP contribution in [0.1, 0.15) is 23.5 Å². The van der Waals surface area contributed by atoms with Gasteiger partial charge >= 0.3 is 0 Å². The first-order valence-corrected chi connectivity index (χ1v) is 5.76. The maximum Gasteiger partial charge on any atom is 0.131 e. The second-order valence-corrected chi connectivity index (χ2v) is 4.59. The van der Waals surface area contributed by atoms with E-state index in [-0.39, 0.29) is 6.10 Å². The fraction of sp³-hybridized carbons (Fsp3) is 0.364. The zero-order valence-electron chi connectivity index (χ0n) is 8.62. The van der Waals surface area contributed by atoms with Gasteiger partial charge < -0.3 is 15.9 Å². The molecule has 0 amide bonds. The van der Waals surface area contributed by atoms with Crippen molar-refractivity contribution in [3.8, 4) is 0 Å². The number of nitrogens with one attached hydrogen (secondary N) is 1. The van der Waals surface area contributed by atoms with Crippen LogP contribution in [0.5, 0.6) is 0 Å². The molecule has 1 unspecified atom stereocenters. The number of allylic oxidation sites excluding steroid dienone is 1. The first-order chi connectivity index (χ1) is 7.18. The van der Waals surface area contributed by atoms with Crippen LogP contribution < -0.4 is 5.73 Å². The second-order valence-electron chi connectivity index (χ2n) is 3.64. The zero-order chi connectivity index (χ0) is 10.8. The topological polar surface area (TPSA) is 59.1 Å². The fourth-order valence-corrected chi connectivity index (χ4v) is 2.75. The third kappa shape index (κ3) is 2.11. The lowest BCUT2D eigenvalue weighted by molar-refractivity contribution is 0.0692. The summed E-state index contributed by atoms with van der Waals surface area (Å²) in [6.45, 7) is 2.42. The van der Waals surface area contributed by atoms with E-state index in [9.17, 15) is 0 Å². The Bertz CT molecular complexity index is 408. The number of fused-ring (bicyclic) bond motifs is 1. The van der Waals surface area contributed by atoms with Crippen molar-refractivity contribution in [3.63, 3.8) is 0 Å². The van der Waals surface area contributed by atoms with Gasteiger partial charge in [-0.2, -0.15) is 0 Å². The Morgan fingerprint density at radius 1 is 1.73 bits per heavy atom. The van der Waals surface area contributed by atoms with Gasteiger partial charge in [0, 0.05) is 16.3 Å². The monoisotopic (exact) mass is 222 g/mol. The molecule has 3 nitrogen and oxygen atoms in total. The van der Waals surface area contributed by atoms with Gasteiger partial charge in [0.2, 0.25) is 0 Å². The van der Waals surface area contributed by atoms with Gasteiger partial charge in [-0.1, -0.05) is 0 Å². The summed E-state index contributed by atoms with van der Waals surface area (Å²) >= 11 is 1.67. The molecule has 2 heterocycles. The SMILES string of the molecule is CC(=N)/C=C(\N)C1OCCc2ccsc21. The predicted molar refractivity (Wildman–Crippen MR) is 62.4 cm³/mol. The van der Waals surface area contributed by atoms with Crippen LogP contribution >= 0.6 is 11.3 Å². The van der Waals surface area contributed by atoms with Crippen LogP contribution in [0.25, 0.3) is 0 Å². The van der Waals surface area contributed by atoms with Crippen LogP contribution in [0.15, 0.2) is 23.2 Å². The molecule has 1 aliphatic rings. The van der Waals surface area contributed by atoms with Gasteiger partial charge in [0.1, 0.15) is 6.10 Å². The number of nitrogens with two attached hydrogens (primary N) is 1. The van der Waals surface area contributed by atoms with Gasteiger partial charge in [0.25, 0.3) is 0 Å². The largest absolute Gasteiger partial charge is 0.400 e. The summed E-state index contributed by atoms with van der Waals surface area (Å²) in [6, 6.07) is 2.13. The summed E-state index contributed by atoms with van der Waals surface area (Å²) in [5.74, 6) is 0. The lowest BCUT2D eigenvalue weighted by atomic mass is 10.1. The van der Waals surface area contributed by atoms with Crippen molar-refractivity contribution >= 4 is 17.0 Å². The van der Waals surface area contributed by atoms with Crippen molar-refractivity contribution < 1.29 is 4.74 Å². The first-order valence-electron chi connectivity index (χ1n) is 4.88. The Kier molecular flexibility index (Phi) is 2.88. The van der Waals surface area contributed by atoms with Crippen molar-refractivity contribution in [1.82, 2.24) is 0 Å². The van der Waals surface area contributed by atoms with Crippen molar-refractivity contribution in [3.05, 3.63) is 33.7 Å². The second kappa shape index (κ2) is 4.16. The molecule has 4 heteroatoms. The van der Waals surface area contributed by atoms with Gasteiger partial charge in [0.15, 0.2) is 0 Å². The highest BCUT2D eigenvalue weighted by atomic mass is 32.1. The lowest BCUT2D eigenvalue weighted by Gasteiger charge is -2.23. The molecule has 80 valence electrons. The van der Waals surface area contributed by atoms with Gasteiger partial charge in [-0.15, -0.1) is 11.3 Å². The smallest absolute Gasteiger partial charge is 0.131 e. The molecular formula is C11H14N2OS. The standard InChI is InChI=1S/C11H14N2OS/c1-7(12)6-9(13)10-11-8(2-4-14-10)3-5-15-11/h3,5-6,10,12H,2,4,13H2,1H3/b9-6-,12-7?. The molecule has 15 heavy (non-hydrogen) atoms. The molecule has 0 radical (unpaired) electrons. The van der Waals surface area contributed by atoms with Crippen molar-refractivity contribution in [2.45, 2.75) is 19.4 Å². The van der Waals surface area contributed by atoms with Crippen LogP contribution in [0.4, 0.5) is 0 Å². The lowest BCUT2D eigenvalue weighted by Crippen LogP contribution is -2.20. The third-order valence-corrected chi connectivity index (χ3v) is 3.36. The Morgan fingerprint density at radius 2 is 2.53 bits per heavy atom. The maximum absolute atomic E-state index is 7.38. The minimum Gasteiger partial charge on any atom is -0.400 e. The zero-order valence-corrected chi connectivity index (χ0v) is 9.43. The minimum atomic E-state index is -0.144. The summed E-state index contributed by atoms with van der Waals surface area (Å²) < 4.78 is 5.65. The highest BCUT2D eigenvalue weighted by Crippen LogP contribution is 2.34. The Labute approximate surface area is 93.1 Å². The molecule has 1 aliphatic heterocycles. The molecule has 0 saturated carbocycles. The van der Waals surface area contributed by atoms with Crippen LogP contribution in [0.3, 0.4) is 0 Å². The molecule has 0 saturated heterocycles. The van der Waals surface area contributed by atoms with Crippen LogP contribution in [-0.4, -0.2) is 12.3 Å². The van der Waals surface area contributed by atoms with Crippen LogP contribution in [0.2, 0.25) is 0 Å². The van der Waals surface area contributed by atoms with E-state index in [0.29, 0.717) is 18.0 Å². The fourth-order valence-electron chi connectivity index (χ4n) is 1.72. The summed E-state index contributed by atoms with van der Waals surface area (Å²) in [4.78, 5) is 1.19. The predicted octanol–water partition coefficient (Wildman–Crippen LogP) is 2.24. The van der Waals surface area contributed by atoms with E-state index < -0.39 is 0 Å². The summed E-state index contributed by atoms with van der Waals surface area (Å²) in [6.07, 6.45) is 2.49. The van der Waals surface area contributed by atoms with E-state index in [2.05, 4.69) is 11.4 Å². The Hall–Kier alpha value is -1.13. The number of hydrogen-bond donors (Lipinski definition) is 2. The van der Waals surface area contributed by atoms with Gasteiger partial charge in [0.05, 0.1) is 6.61 Å². The quantitative estimate of drug-likeness (QED) is 0.754. The third-order valence-electron chi connectivity index (χ3n) is 2.36. The molecule has 0 fully saturated rings. The molecular weight excluding hydrogens is 208 g/mol. The molecule has 0 aliphatic carbocycles. The molecule has 2 rings (SSSR count). The average Bonchev–Trinajstić information content (AvgIpc) is 2.63. The van der Waals surface area contributed by atoms with E-state index in [1.807, 2.05) is 0 Å². The molecule has 3 N–H and O–H groups in total. The molecule has 0 spiro atoms. The van der Waals surface area contributed by atoms with E-state index >= 15 is 0 Å². The normalized spacial score (nSPS) is 21.1. The number of ether oxygens (including phenoxy) is 1. The number of rotatable bonds is 2. The van der Waals surface area contributed by atoms with E-state index in [4.69, 9.17) is 15.9 Å². The van der Waals surface area contributed by atoms with E-state index in [0.717, 1.165) is 6.42 Å². The number of thiophene rings is 1. The average molecular weight is 222 g/mol. The van der Waals surface area contributed by atoms with Crippen molar-refractivity contribution in [1.29, 1.82) is 5.41 Å². The maximum atomic E-state index is 7.38. The molecule has 1 aromatic heterocycles. The van der Waals surface area contributed by atoms with Gasteiger partial charge in [-0.25, -0.2) is 0 Å². The summed E-state index contributed by atoms with van der Waals surface area (Å²) in [5.41, 5.74) is 8.34. The Morgan fingerprint density at radius 3 is 3.27 bits per heavy atom. The molecule has 1 aromatic rings. The molecule has 0 aromatic carbocycles. The van der Waals surface area contributed by atoms with E-state index in [1.54, 1.807) is 24.3 Å². The number of hydrogen-bond acceptors (Lipinski definition) is 4. The summed E-state index contributed by atoms with van der Waals surface area (Å²) in [5, 5.41) is 9.45. The van der Waals surface area contributed by atoms with E-state index in [1.165, 1.54) is 10.4 Å². The first kappa shape index (κ1) is 10.4. The Balaban J connectivity index is 2.30. The van der Waals surface area contributed by atoms with Gasteiger partial charge in [-0.05, 0) is 36.4 Å². The van der Waals surface area contributed by atoms with Gasteiger partial charge in [-0.3, -0.25) is 0 Å². The van der Waals surface area contributed by atoms with Crippen LogP contribution in [0, 0.1) is 5.41 Å². The summed E-state index contributed by atoms with van der Waals surface area (Å²) in [7, 11) is 0. The minimum absolute atomic E-state index is 0.144. The van der Waals surface area contributed by atoms with Crippen molar-refractivity contribution in [2.24, 2.45) is 5.73 Å². The van der Waals surface area contributed by atoms with Crippen LogP contribution in [-0.2, 0) is 11.2 Å². The molecule has 1 atom stereocenters. The molecule has 0 bridgehead atoms. The van der Waals surface area contributed by atoms with Crippen molar-refractivity contribution in [2.75, 3.05) is 6.61 Å². The highest BCUT2D eigenvalue weighted by Gasteiger charge is 2.24. The highest BCUT2D eigenvalue weighted by molar-refractivity contribution is 7.10.